The Morgan fingerprint density at radius 3 is 1.81 bits per heavy atom. The molecule has 0 spiro atoms. The van der Waals surface area contributed by atoms with E-state index in [1.807, 2.05) is 0 Å². The lowest BCUT2D eigenvalue weighted by atomic mass is 9.82. The van der Waals surface area contributed by atoms with Gasteiger partial charge in [0.2, 0.25) is 0 Å². The van der Waals surface area contributed by atoms with Gasteiger partial charge >= 0.3 is 7.82 Å². The molecule has 0 aromatic heterocycles. The summed E-state index contributed by atoms with van der Waals surface area (Å²) >= 11 is 0. The van der Waals surface area contributed by atoms with Gasteiger partial charge in [-0.25, -0.2) is 9.09 Å². The molecule has 0 aliphatic heterocycles. The van der Waals surface area contributed by atoms with Crippen LogP contribution in [0.5, 0.6) is 5.75 Å². The zero-order valence-electron chi connectivity index (χ0n) is 12.8. The maximum Gasteiger partial charge on any atom is 0.473 e. The Labute approximate surface area is 145 Å². The standard InChI is InChI=1S/C12H16NO12P/c14-7-8(15)10(17)12(11(18)9(7)16,25-26(21,22)23)24-6-3-1-5(2-4-6)13(19)20/h1-4,7-11,14-18H,(H2,21,22,23)/t7?,8-,9+,10-,11-,12?/m0/s1. The van der Waals surface area contributed by atoms with Crippen molar-refractivity contribution in [2.45, 2.75) is 36.3 Å². The van der Waals surface area contributed by atoms with Crippen LogP contribution >= 0.6 is 7.82 Å². The minimum atomic E-state index is -5.47. The van der Waals surface area contributed by atoms with E-state index in [1.54, 1.807) is 0 Å². The first-order chi connectivity index (χ1) is 11.9. The molecule has 146 valence electrons. The van der Waals surface area contributed by atoms with E-state index < -0.39 is 49.1 Å². The molecular weight excluding hydrogens is 381 g/mol. The van der Waals surface area contributed by atoms with E-state index in [2.05, 4.69) is 4.52 Å². The van der Waals surface area contributed by atoms with Crippen molar-refractivity contribution in [1.29, 1.82) is 0 Å². The second-order valence-corrected chi connectivity index (χ2v) is 6.68. The Kier molecular flexibility index (Phi) is 5.68. The monoisotopic (exact) mass is 397 g/mol. The number of hydrogen-bond donors (Lipinski definition) is 7. The summed E-state index contributed by atoms with van der Waals surface area (Å²) in [5, 5.41) is 60.1. The van der Waals surface area contributed by atoms with Crippen LogP contribution in [0.2, 0.25) is 0 Å². The number of phosphoric ester groups is 1. The van der Waals surface area contributed by atoms with Gasteiger partial charge in [0.1, 0.15) is 24.1 Å². The number of hydrogen-bond acceptors (Lipinski definition) is 10. The zero-order valence-corrected chi connectivity index (χ0v) is 13.7. The smallest absolute Gasteiger partial charge is 0.456 e. The Morgan fingerprint density at radius 1 is 0.962 bits per heavy atom. The van der Waals surface area contributed by atoms with Crippen molar-refractivity contribution in [2.75, 3.05) is 0 Å². The van der Waals surface area contributed by atoms with E-state index in [4.69, 9.17) is 14.5 Å². The van der Waals surface area contributed by atoms with Crippen LogP contribution in [0.3, 0.4) is 0 Å². The number of non-ortho nitro benzene ring substituents is 1. The lowest BCUT2D eigenvalue weighted by Crippen LogP contribution is -2.73. The van der Waals surface area contributed by atoms with Gasteiger partial charge in [0.05, 0.1) is 4.92 Å². The van der Waals surface area contributed by atoms with Crippen LogP contribution in [0, 0.1) is 10.1 Å². The normalized spacial score (nSPS) is 35.1. The van der Waals surface area contributed by atoms with Crippen molar-refractivity contribution in [1.82, 2.24) is 0 Å². The van der Waals surface area contributed by atoms with Crippen molar-refractivity contribution in [3.63, 3.8) is 0 Å². The summed E-state index contributed by atoms with van der Waals surface area (Å²) in [4.78, 5) is 28.1. The minimum Gasteiger partial charge on any atom is -0.456 e. The van der Waals surface area contributed by atoms with Crippen molar-refractivity contribution in [2.24, 2.45) is 0 Å². The predicted octanol–water partition coefficient (Wildman–Crippen LogP) is -2.40. The summed E-state index contributed by atoms with van der Waals surface area (Å²) in [6.45, 7) is 0. The summed E-state index contributed by atoms with van der Waals surface area (Å²) in [6, 6.07) is 3.83. The molecule has 1 aliphatic rings. The average molecular weight is 397 g/mol. The van der Waals surface area contributed by atoms with Crippen LogP contribution in [-0.2, 0) is 9.09 Å². The van der Waals surface area contributed by atoms with Gasteiger partial charge in [0.25, 0.3) is 11.5 Å². The third-order valence-electron chi connectivity index (χ3n) is 3.76. The van der Waals surface area contributed by atoms with Crippen LogP contribution in [0.1, 0.15) is 0 Å². The van der Waals surface area contributed by atoms with Gasteiger partial charge in [-0.05, 0) is 12.1 Å². The number of ether oxygens (including phenoxy) is 1. The van der Waals surface area contributed by atoms with Crippen molar-refractivity contribution >= 4 is 13.5 Å². The molecule has 2 rings (SSSR count). The molecule has 1 aromatic carbocycles. The molecule has 0 heterocycles. The number of phosphoric acid groups is 1. The summed E-state index contributed by atoms with van der Waals surface area (Å²) in [5.41, 5.74) is -0.359. The summed E-state index contributed by atoms with van der Waals surface area (Å²) in [6.07, 6.45) is -11.3. The molecule has 1 aliphatic carbocycles. The van der Waals surface area contributed by atoms with Gasteiger partial charge in [-0.1, -0.05) is 0 Å². The van der Waals surface area contributed by atoms with Gasteiger partial charge in [0, 0.05) is 12.1 Å². The third kappa shape index (κ3) is 3.86. The van der Waals surface area contributed by atoms with Gasteiger partial charge in [-0.3, -0.25) is 10.1 Å². The number of nitro groups is 1. The Hall–Kier alpha value is -1.67. The number of nitro benzene ring substituents is 1. The van der Waals surface area contributed by atoms with Gasteiger partial charge in [-0.15, -0.1) is 0 Å². The molecular formula is C12H16NO12P. The highest BCUT2D eigenvalue weighted by Gasteiger charge is 2.64. The number of benzene rings is 1. The number of rotatable bonds is 5. The molecule has 1 aromatic rings. The van der Waals surface area contributed by atoms with Crippen LogP contribution in [-0.4, -0.2) is 76.5 Å². The SMILES string of the molecule is O=[N+]([O-])c1ccc(OC2(OP(=O)(O)O)[C@@H](O)[C@H](O)C(O)[C@H](O)[C@@H]2O)cc1. The largest absolute Gasteiger partial charge is 0.473 e. The molecule has 1 saturated carbocycles. The molecule has 13 nitrogen and oxygen atoms in total. The predicted molar refractivity (Wildman–Crippen MR) is 79.6 cm³/mol. The molecule has 7 N–H and O–H groups in total. The molecule has 0 bridgehead atoms. The second-order valence-electron chi connectivity index (χ2n) is 5.52. The zero-order chi connectivity index (χ0) is 19.9. The molecule has 2 unspecified atom stereocenters. The molecule has 0 amide bonds. The third-order valence-corrected chi connectivity index (χ3v) is 4.28. The van der Waals surface area contributed by atoms with Gasteiger partial charge in [-0.2, -0.15) is 0 Å². The average Bonchev–Trinajstić information content (AvgIpc) is 2.56. The van der Waals surface area contributed by atoms with Gasteiger partial charge < -0.3 is 40.1 Å². The van der Waals surface area contributed by atoms with E-state index in [0.717, 1.165) is 24.3 Å². The molecule has 0 radical (unpaired) electrons. The first-order valence-corrected chi connectivity index (χ1v) is 8.52. The molecule has 6 atom stereocenters. The van der Waals surface area contributed by atoms with Crippen molar-refractivity contribution in [3.05, 3.63) is 34.4 Å². The van der Waals surface area contributed by atoms with E-state index in [-0.39, 0.29) is 11.4 Å². The lowest BCUT2D eigenvalue weighted by molar-refractivity contribution is -0.384. The fourth-order valence-corrected chi connectivity index (χ4v) is 3.10. The van der Waals surface area contributed by atoms with Crippen LogP contribution < -0.4 is 4.74 Å². The van der Waals surface area contributed by atoms with E-state index in [9.17, 15) is 40.2 Å². The first-order valence-electron chi connectivity index (χ1n) is 6.99. The maximum atomic E-state index is 11.3. The van der Waals surface area contributed by atoms with E-state index in [1.165, 1.54) is 0 Å². The fourth-order valence-electron chi connectivity index (χ4n) is 2.48. The lowest BCUT2D eigenvalue weighted by Gasteiger charge is -2.48. The number of nitrogens with zero attached hydrogens (tertiary/aromatic N) is 1. The van der Waals surface area contributed by atoms with Crippen molar-refractivity contribution in [3.8, 4) is 5.75 Å². The number of aliphatic hydroxyl groups is 5. The topological polar surface area (TPSA) is 220 Å². The summed E-state index contributed by atoms with van der Waals surface area (Å²) in [5.74, 6) is -3.45. The van der Waals surface area contributed by atoms with Crippen molar-refractivity contribution < 1.29 is 54.1 Å². The highest BCUT2D eigenvalue weighted by molar-refractivity contribution is 7.46. The molecule has 14 heteroatoms. The minimum absolute atomic E-state index is 0.359. The molecule has 26 heavy (non-hydrogen) atoms. The Balaban J connectivity index is 2.47. The summed E-state index contributed by atoms with van der Waals surface area (Å²) < 4.78 is 20.7. The van der Waals surface area contributed by atoms with E-state index >= 15 is 0 Å². The highest BCUT2D eigenvalue weighted by atomic mass is 31.2. The quantitative estimate of drug-likeness (QED) is 0.120. The van der Waals surface area contributed by atoms with Crippen LogP contribution in [0.4, 0.5) is 5.69 Å². The Bertz CT molecular complexity index is 689. The first kappa shape index (κ1) is 20.6. The molecule has 1 fully saturated rings. The van der Waals surface area contributed by atoms with E-state index in [0.29, 0.717) is 0 Å². The summed E-state index contributed by atoms with van der Waals surface area (Å²) in [7, 11) is -5.47. The maximum absolute atomic E-state index is 11.3. The second kappa shape index (κ2) is 7.15. The number of aliphatic hydroxyl groups excluding tert-OH is 5. The van der Waals surface area contributed by atoms with Crippen LogP contribution in [0.25, 0.3) is 0 Å². The highest BCUT2D eigenvalue weighted by Crippen LogP contribution is 2.48. The van der Waals surface area contributed by atoms with Crippen LogP contribution in [0.15, 0.2) is 24.3 Å². The van der Waals surface area contributed by atoms with Gasteiger partial charge in [0.15, 0.2) is 12.2 Å². The Morgan fingerprint density at radius 2 is 1.42 bits per heavy atom. The fraction of sp³-hybridized carbons (Fsp3) is 0.500. The molecule has 0 saturated heterocycles.